The molecule has 3 rings (SSSR count). The molecular formula is C19H18N6O3. The van der Waals surface area contributed by atoms with Crippen LogP contribution in [0.5, 0.6) is 5.88 Å². The number of aromatic amines is 1. The van der Waals surface area contributed by atoms with Gasteiger partial charge in [0.1, 0.15) is 23.8 Å². The monoisotopic (exact) mass is 378 g/mol. The number of primary amides is 1. The van der Waals surface area contributed by atoms with E-state index in [1.807, 2.05) is 0 Å². The third-order valence-electron chi connectivity index (χ3n) is 3.70. The van der Waals surface area contributed by atoms with E-state index in [2.05, 4.69) is 19.9 Å². The molecule has 0 spiro atoms. The number of amides is 1. The fourth-order valence-corrected chi connectivity index (χ4v) is 2.34. The van der Waals surface area contributed by atoms with Gasteiger partial charge in [-0.1, -0.05) is 0 Å². The molecule has 4 N–H and O–H groups in total. The van der Waals surface area contributed by atoms with Crippen LogP contribution in [0.15, 0.2) is 36.3 Å². The van der Waals surface area contributed by atoms with Crippen LogP contribution in [0.25, 0.3) is 28.5 Å². The summed E-state index contributed by atoms with van der Waals surface area (Å²) >= 11 is 0. The number of nitrogens with zero attached hydrogens (tertiary/aromatic N) is 4. The lowest BCUT2D eigenvalue weighted by molar-refractivity contribution is -0.114. The van der Waals surface area contributed by atoms with Crippen LogP contribution in [0.4, 0.5) is 0 Å². The van der Waals surface area contributed by atoms with E-state index in [0.29, 0.717) is 33.9 Å². The molecule has 0 saturated heterocycles. The number of nitrogens with two attached hydrogens (primary N) is 1. The van der Waals surface area contributed by atoms with Gasteiger partial charge in [0, 0.05) is 29.6 Å². The number of pyridine rings is 1. The zero-order valence-corrected chi connectivity index (χ0v) is 15.3. The van der Waals surface area contributed by atoms with Crippen molar-refractivity contribution >= 4 is 23.1 Å². The molecule has 9 heteroatoms. The number of nitriles is 1. The van der Waals surface area contributed by atoms with Gasteiger partial charge in [0.05, 0.1) is 17.5 Å². The Morgan fingerprint density at radius 3 is 2.79 bits per heavy atom. The Balaban J connectivity index is 1.91. The third-order valence-corrected chi connectivity index (χ3v) is 3.70. The number of carbonyl (C=O) groups excluding carboxylic acids is 1. The Kier molecular flexibility index (Phi) is 5.06. The molecule has 0 unspecified atom stereocenters. The lowest BCUT2D eigenvalue weighted by atomic mass is 10.1. The van der Waals surface area contributed by atoms with E-state index in [-0.39, 0.29) is 12.2 Å². The van der Waals surface area contributed by atoms with Crippen molar-refractivity contribution in [3.63, 3.8) is 0 Å². The first-order chi connectivity index (χ1) is 13.3. The summed E-state index contributed by atoms with van der Waals surface area (Å²) in [4.78, 5) is 27.3. The standard InChI is InChI=1S/C19H18N6O3/c1-19(2,27)10-28-15-4-3-11(7-22-15)14-9-24-18-16(25-14)13(8-23-18)5-12(6-20)17(21)26/h3-5,7-9,27H,10H2,1-2H3,(H2,21,26)(H,23,24). The Morgan fingerprint density at radius 1 is 1.39 bits per heavy atom. The lowest BCUT2D eigenvalue weighted by Crippen LogP contribution is -2.28. The number of aliphatic hydroxyl groups is 1. The van der Waals surface area contributed by atoms with Crippen molar-refractivity contribution in [2.45, 2.75) is 19.4 Å². The molecule has 0 aromatic carbocycles. The molecule has 3 aromatic rings. The Hall–Kier alpha value is -3.77. The minimum atomic E-state index is -0.956. The number of carbonyl (C=O) groups is 1. The second-order valence-corrected chi connectivity index (χ2v) is 6.72. The van der Waals surface area contributed by atoms with E-state index in [1.165, 1.54) is 6.08 Å². The van der Waals surface area contributed by atoms with Crippen LogP contribution in [0.3, 0.4) is 0 Å². The number of fused-ring (bicyclic) bond motifs is 1. The predicted octanol–water partition coefficient (Wildman–Crippen LogP) is 1.56. The molecule has 0 bridgehead atoms. The van der Waals surface area contributed by atoms with Gasteiger partial charge in [-0.3, -0.25) is 4.79 Å². The maximum atomic E-state index is 11.3. The van der Waals surface area contributed by atoms with Gasteiger partial charge in [-0.15, -0.1) is 0 Å². The molecule has 9 nitrogen and oxygen atoms in total. The molecule has 142 valence electrons. The first-order valence-electron chi connectivity index (χ1n) is 8.34. The number of nitrogens with one attached hydrogen (secondary N) is 1. The Bertz CT molecular complexity index is 1090. The van der Waals surface area contributed by atoms with Crippen molar-refractivity contribution in [2.24, 2.45) is 5.73 Å². The van der Waals surface area contributed by atoms with Crippen LogP contribution in [0.2, 0.25) is 0 Å². The molecule has 0 aliphatic carbocycles. The summed E-state index contributed by atoms with van der Waals surface area (Å²) < 4.78 is 5.43. The number of aromatic nitrogens is 4. The van der Waals surface area contributed by atoms with Gasteiger partial charge >= 0.3 is 0 Å². The third kappa shape index (κ3) is 4.31. The molecule has 3 heterocycles. The summed E-state index contributed by atoms with van der Waals surface area (Å²) in [7, 11) is 0. The van der Waals surface area contributed by atoms with Gasteiger partial charge in [0.15, 0.2) is 5.65 Å². The highest BCUT2D eigenvalue weighted by molar-refractivity contribution is 6.02. The topological polar surface area (TPSA) is 151 Å². The SMILES string of the molecule is CC(C)(O)COc1ccc(-c2cnc3[nH]cc(C=C(C#N)C(N)=O)c3n2)cn1. The maximum Gasteiger partial charge on any atom is 0.259 e. The molecule has 0 radical (unpaired) electrons. The highest BCUT2D eigenvalue weighted by Crippen LogP contribution is 2.23. The quantitative estimate of drug-likeness (QED) is 0.435. The van der Waals surface area contributed by atoms with Gasteiger partial charge in [-0.2, -0.15) is 5.26 Å². The van der Waals surface area contributed by atoms with Gasteiger partial charge in [0.25, 0.3) is 5.91 Å². The fraction of sp³-hybridized carbons (Fsp3) is 0.211. The molecular weight excluding hydrogens is 360 g/mol. The number of ether oxygens (including phenoxy) is 1. The second kappa shape index (κ2) is 7.46. The molecule has 0 aliphatic rings. The van der Waals surface area contributed by atoms with Crippen molar-refractivity contribution in [3.8, 4) is 23.2 Å². The summed E-state index contributed by atoms with van der Waals surface area (Å²) in [5.41, 5.74) is 6.84. The second-order valence-electron chi connectivity index (χ2n) is 6.72. The minimum Gasteiger partial charge on any atom is -0.475 e. The molecule has 0 atom stereocenters. The van der Waals surface area contributed by atoms with Crippen LogP contribution in [0, 0.1) is 11.3 Å². The highest BCUT2D eigenvalue weighted by Gasteiger charge is 2.14. The van der Waals surface area contributed by atoms with Gasteiger partial charge < -0.3 is 20.6 Å². The average Bonchev–Trinajstić information content (AvgIpc) is 3.06. The number of hydrogen-bond donors (Lipinski definition) is 3. The van der Waals surface area contributed by atoms with Crippen LogP contribution in [-0.2, 0) is 4.79 Å². The summed E-state index contributed by atoms with van der Waals surface area (Å²) in [5.74, 6) is -0.433. The molecule has 0 aliphatic heterocycles. The largest absolute Gasteiger partial charge is 0.475 e. The van der Waals surface area contributed by atoms with Crippen molar-refractivity contribution in [1.29, 1.82) is 5.26 Å². The van der Waals surface area contributed by atoms with Crippen LogP contribution < -0.4 is 10.5 Å². The summed E-state index contributed by atoms with van der Waals surface area (Å²) in [6, 6.07) is 5.21. The lowest BCUT2D eigenvalue weighted by Gasteiger charge is -2.17. The number of hydrogen-bond acceptors (Lipinski definition) is 7. The van der Waals surface area contributed by atoms with Crippen molar-refractivity contribution in [2.75, 3.05) is 6.61 Å². The predicted molar refractivity (Wildman–Crippen MR) is 102 cm³/mol. The molecule has 1 amide bonds. The first-order valence-corrected chi connectivity index (χ1v) is 8.34. The van der Waals surface area contributed by atoms with Crippen LogP contribution in [0.1, 0.15) is 19.4 Å². The molecule has 0 fully saturated rings. The zero-order valence-electron chi connectivity index (χ0n) is 15.3. The zero-order chi connectivity index (χ0) is 20.3. The molecule has 0 saturated carbocycles. The highest BCUT2D eigenvalue weighted by atomic mass is 16.5. The van der Waals surface area contributed by atoms with E-state index >= 15 is 0 Å². The van der Waals surface area contributed by atoms with Crippen LogP contribution in [-0.4, -0.2) is 43.2 Å². The Morgan fingerprint density at radius 2 is 2.18 bits per heavy atom. The number of rotatable bonds is 6. The minimum absolute atomic E-state index is 0.116. The van der Waals surface area contributed by atoms with E-state index in [4.69, 9.17) is 15.7 Å². The molecule has 28 heavy (non-hydrogen) atoms. The smallest absolute Gasteiger partial charge is 0.259 e. The Labute approximate surface area is 160 Å². The van der Waals surface area contributed by atoms with Crippen molar-refractivity contribution in [3.05, 3.63) is 41.9 Å². The van der Waals surface area contributed by atoms with Crippen LogP contribution >= 0.6 is 0 Å². The van der Waals surface area contributed by atoms with E-state index in [9.17, 15) is 9.90 Å². The average molecular weight is 378 g/mol. The number of H-pyrrole nitrogens is 1. The van der Waals surface area contributed by atoms with Gasteiger partial charge in [-0.25, -0.2) is 15.0 Å². The fourth-order valence-electron chi connectivity index (χ4n) is 2.34. The van der Waals surface area contributed by atoms with Crippen molar-refractivity contribution < 1.29 is 14.6 Å². The maximum absolute atomic E-state index is 11.3. The normalized spacial score (nSPS) is 12.0. The van der Waals surface area contributed by atoms with E-state index in [0.717, 1.165) is 0 Å². The molecule has 3 aromatic heterocycles. The van der Waals surface area contributed by atoms with E-state index < -0.39 is 11.5 Å². The first kappa shape index (κ1) is 19.0. The van der Waals surface area contributed by atoms with Gasteiger partial charge in [0.2, 0.25) is 5.88 Å². The summed E-state index contributed by atoms with van der Waals surface area (Å²) in [6.45, 7) is 3.40. The van der Waals surface area contributed by atoms with E-state index in [1.54, 1.807) is 50.6 Å². The summed E-state index contributed by atoms with van der Waals surface area (Å²) in [5, 5.41) is 18.7. The summed E-state index contributed by atoms with van der Waals surface area (Å²) in [6.07, 6.45) is 6.13. The van der Waals surface area contributed by atoms with Crippen molar-refractivity contribution in [1.82, 2.24) is 19.9 Å². The van der Waals surface area contributed by atoms with Gasteiger partial charge in [-0.05, 0) is 26.0 Å².